The minimum atomic E-state index is -0.830. The van der Waals surface area contributed by atoms with Gasteiger partial charge in [0.15, 0.2) is 0 Å². The van der Waals surface area contributed by atoms with Gasteiger partial charge in [-0.1, -0.05) is 54.9 Å². The third kappa shape index (κ3) is 2.16. The Labute approximate surface area is 122 Å². The molecule has 0 aliphatic carbocycles. The van der Waals surface area contributed by atoms with Crippen LogP contribution in [0.25, 0.3) is 0 Å². The Morgan fingerprint density at radius 3 is 2.53 bits per heavy atom. The molecular weight excluding hydrogens is 306 g/mol. The molecule has 0 bridgehead atoms. The van der Waals surface area contributed by atoms with Gasteiger partial charge in [0.2, 0.25) is 0 Å². The van der Waals surface area contributed by atoms with Crippen molar-refractivity contribution < 1.29 is 9.90 Å². The summed E-state index contributed by atoms with van der Waals surface area (Å²) in [5, 5.41) is 9.58. The fourth-order valence-corrected chi connectivity index (χ4v) is 3.95. The highest BCUT2D eigenvalue weighted by Crippen LogP contribution is 2.52. The van der Waals surface area contributed by atoms with Gasteiger partial charge in [0.1, 0.15) is 0 Å². The Kier molecular flexibility index (Phi) is 3.65. The number of amides is 1. The first-order valence-corrected chi connectivity index (χ1v) is 7.35. The third-order valence-electron chi connectivity index (χ3n) is 4.17. The molecule has 4 heteroatoms. The van der Waals surface area contributed by atoms with Gasteiger partial charge in [-0.05, 0) is 29.9 Å². The molecule has 104 valence electrons. The van der Waals surface area contributed by atoms with Crippen molar-refractivity contribution in [2.24, 2.45) is 5.41 Å². The fourth-order valence-electron chi connectivity index (χ4n) is 3.34. The number of benzene rings is 1. The van der Waals surface area contributed by atoms with Crippen molar-refractivity contribution >= 4 is 22.0 Å². The van der Waals surface area contributed by atoms with E-state index in [9.17, 15) is 9.90 Å². The number of rotatable bonds is 1. The Morgan fingerprint density at radius 1 is 1.37 bits per heavy atom. The lowest BCUT2D eigenvalue weighted by atomic mass is 9.68. The molecule has 1 aromatic carbocycles. The number of carbonyl (C=O) groups is 1. The summed E-state index contributed by atoms with van der Waals surface area (Å²) in [6, 6.07) is 7.97. The molecule has 19 heavy (non-hydrogen) atoms. The molecule has 1 atom stereocenters. The molecular formula is C15H20BrNO2. The van der Waals surface area contributed by atoms with E-state index in [1.165, 1.54) is 0 Å². The molecule has 1 unspecified atom stereocenters. The molecule has 1 heterocycles. The molecule has 0 saturated carbocycles. The van der Waals surface area contributed by atoms with Crippen molar-refractivity contribution in [3.63, 3.8) is 0 Å². The molecule has 1 N–H and O–H groups in total. The van der Waals surface area contributed by atoms with Crippen LogP contribution in [0, 0.1) is 5.41 Å². The second kappa shape index (κ2) is 4.82. The maximum Gasteiger partial charge on any atom is 0.408 e. The van der Waals surface area contributed by atoms with Gasteiger partial charge in [-0.3, -0.25) is 4.90 Å². The van der Waals surface area contributed by atoms with Crippen molar-refractivity contribution in [2.75, 3.05) is 6.54 Å². The zero-order chi connectivity index (χ0) is 14.3. The summed E-state index contributed by atoms with van der Waals surface area (Å²) in [4.78, 5) is 13.3. The monoisotopic (exact) mass is 325 g/mol. The van der Waals surface area contributed by atoms with Crippen molar-refractivity contribution in [3.05, 3.63) is 34.3 Å². The molecule has 1 aliphatic heterocycles. The van der Waals surface area contributed by atoms with Gasteiger partial charge in [-0.25, -0.2) is 4.79 Å². The van der Waals surface area contributed by atoms with E-state index in [-0.39, 0.29) is 5.41 Å². The first-order valence-electron chi connectivity index (χ1n) is 6.56. The summed E-state index contributed by atoms with van der Waals surface area (Å²) < 4.78 is 0.984. The molecule has 0 radical (unpaired) electrons. The maximum absolute atomic E-state index is 11.7. The second-order valence-corrected chi connectivity index (χ2v) is 6.98. The summed E-state index contributed by atoms with van der Waals surface area (Å²) in [7, 11) is 0. The molecule has 1 aliphatic rings. The van der Waals surface area contributed by atoms with E-state index in [0.717, 1.165) is 22.9 Å². The van der Waals surface area contributed by atoms with Gasteiger partial charge >= 0.3 is 6.09 Å². The minimum absolute atomic E-state index is 0.161. The van der Waals surface area contributed by atoms with Crippen LogP contribution >= 0.6 is 15.9 Å². The van der Waals surface area contributed by atoms with Crippen molar-refractivity contribution in [1.29, 1.82) is 0 Å². The smallest absolute Gasteiger partial charge is 0.408 e. The van der Waals surface area contributed by atoms with Crippen molar-refractivity contribution in [1.82, 2.24) is 4.90 Å². The van der Waals surface area contributed by atoms with Gasteiger partial charge in [0.05, 0.1) is 5.54 Å². The lowest BCUT2D eigenvalue weighted by Gasteiger charge is -2.48. The molecule has 0 spiro atoms. The highest BCUT2D eigenvalue weighted by atomic mass is 79.9. The Morgan fingerprint density at radius 2 is 2.00 bits per heavy atom. The number of carboxylic acid groups (broad SMARTS) is 1. The predicted molar refractivity (Wildman–Crippen MR) is 79.2 cm³/mol. The van der Waals surface area contributed by atoms with Crippen LogP contribution < -0.4 is 0 Å². The van der Waals surface area contributed by atoms with Crippen LogP contribution in [0.4, 0.5) is 4.79 Å². The Bertz CT molecular complexity index is 495. The molecule has 1 fully saturated rings. The quantitative estimate of drug-likeness (QED) is 0.827. The van der Waals surface area contributed by atoms with E-state index in [2.05, 4.69) is 36.7 Å². The van der Waals surface area contributed by atoms with E-state index >= 15 is 0 Å². The van der Waals surface area contributed by atoms with Gasteiger partial charge in [-0.15, -0.1) is 0 Å². The minimum Gasteiger partial charge on any atom is -0.465 e. The second-order valence-electron chi connectivity index (χ2n) is 6.13. The first-order chi connectivity index (χ1) is 8.80. The predicted octanol–water partition coefficient (Wildman–Crippen LogP) is 4.46. The van der Waals surface area contributed by atoms with Crippen LogP contribution in [0.3, 0.4) is 0 Å². The van der Waals surface area contributed by atoms with E-state index in [4.69, 9.17) is 0 Å². The summed E-state index contributed by atoms with van der Waals surface area (Å²) in [6.45, 7) is 6.96. The zero-order valence-electron chi connectivity index (χ0n) is 11.6. The lowest BCUT2D eigenvalue weighted by Crippen LogP contribution is -2.52. The van der Waals surface area contributed by atoms with Gasteiger partial charge in [0.25, 0.3) is 0 Å². The van der Waals surface area contributed by atoms with Crippen LogP contribution in [-0.2, 0) is 5.54 Å². The van der Waals surface area contributed by atoms with Crippen molar-refractivity contribution in [2.45, 2.75) is 39.2 Å². The highest BCUT2D eigenvalue weighted by molar-refractivity contribution is 9.10. The van der Waals surface area contributed by atoms with Gasteiger partial charge in [-0.2, -0.15) is 0 Å². The lowest BCUT2D eigenvalue weighted by molar-refractivity contribution is 0.0271. The van der Waals surface area contributed by atoms with E-state index in [1.54, 1.807) is 4.90 Å². The van der Waals surface area contributed by atoms with E-state index < -0.39 is 11.6 Å². The fraction of sp³-hybridized carbons (Fsp3) is 0.533. The van der Waals surface area contributed by atoms with Crippen LogP contribution in [0.5, 0.6) is 0 Å². The average molecular weight is 326 g/mol. The largest absolute Gasteiger partial charge is 0.465 e. The van der Waals surface area contributed by atoms with Crippen LogP contribution in [0.1, 0.15) is 39.2 Å². The van der Waals surface area contributed by atoms with Gasteiger partial charge < -0.3 is 5.11 Å². The van der Waals surface area contributed by atoms with E-state index in [0.29, 0.717) is 6.54 Å². The highest BCUT2D eigenvalue weighted by Gasteiger charge is 2.53. The Balaban J connectivity index is 2.66. The van der Waals surface area contributed by atoms with Crippen LogP contribution in [0.2, 0.25) is 0 Å². The zero-order valence-corrected chi connectivity index (χ0v) is 13.2. The van der Waals surface area contributed by atoms with E-state index in [1.807, 2.05) is 24.3 Å². The number of hydrogen-bond acceptors (Lipinski definition) is 1. The normalized spacial score (nSPS) is 23.7. The van der Waals surface area contributed by atoms with Crippen molar-refractivity contribution in [3.8, 4) is 0 Å². The SMILES string of the molecule is CC(C)(C)C1(c2ccccc2Br)CCCN1C(=O)O. The summed E-state index contributed by atoms with van der Waals surface area (Å²) in [6.07, 6.45) is 0.944. The summed E-state index contributed by atoms with van der Waals surface area (Å²) >= 11 is 3.59. The molecule has 3 nitrogen and oxygen atoms in total. The standard InChI is InChI=1S/C15H20BrNO2/c1-14(2,3)15(9-6-10-17(15)13(18)19)11-7-4-5-8-12(11)16/h4-5,7-8H,6,9-10H2,1-3H3,(H,18,19). The van der Waals surface area contributed by atoms with Crippen LogP contribution in [0.15, 0.2) is 28.7 Å². The molecule has 2 rings (SSSR count). The number of likely N-dealkylation sites (tertiary alicyclic amines) is 1. The Hall–Kier alpha value is -1.03. The summed E-state index contributed by atoms with van der Waals surface area (Å²) in [5.74, 6) is 0. The number of hydrogen-bond donors (Lipinski definition) is 1. The molecule has 1 aromatic rings. The third-order valence-corrected chi connectivity index (χ3v) is 4.86. The maximum atomic E-state index is 11.7. The first kappa shape index (κ1) is 14.4. The van der Waals surface area contributed by atoms with Gasteiger partial charge in [0, 0.05) is 11.0 Å². The summed E-state index contributed by atoms with van der Waals surface area (Å²) in [5.41, 5.74) is 0.451. The number of nitrogens with zero attached hydrogens (tertiary/aromatic N) is 1. The molecule has 0 aromatic heterocycles. The average Bonchev–Trinajstić information content (AvgIpc) is 2.74. The topological polar surface area (TPSA) is 40.5 Å². The van der Waals surface area contributed by atoms with Crippen LogP contribution in [-0.4, -0.2) is 22.6 Å². The molecule has 1 saturated heterocycles. The molecule has 1 amide bonds. The number of halogens is 1.